The molecule has 4 aromatic rings. The van der Waals surface area contributed by atoms with Gasteiger partial charge in [0, 0.05) is 18.4 Å². The van der Waals surface area contributed by atoms with Crippen molar-refractivity contribution in [2.75, 3.05) is 26.4 Å². The average Bonchev–Trinajstić information content (AvgIpc) is 3.20. The summed E-state index contributed by atoms with van der Waals surface area (Å²) in [7, 11) is 0. The minimum absolute atomic E-state index is 0.205. The van der Waals surface area contributed by atoms with E-state index in [-0.39, 0.29) is 24.5 Å². The molecule has 278 valence electrons. The van der Waals surface area contributed by atoms with E-state index in [0.29, 0.717) is 67.2 Å². The lowest BCUT2D eigenvalue weighted by atomic mass is 10.2. The molecule has 12 heteroatoms. The van der Waals surface area contributed by atoms with Crippen molar-refractivity contribution in [3.8, 4) is 17.2 Å². The first kappa shape index (κ1) is 40.0. The number of carbonyl (C=O) groups excluding carboxylic acids is 5. The smallest absolute Gasteiger partial charge is 0.343 e. The molecular weight excluding hydrogens is 694 g/mol. The van der Waals surface area contributed by atoms with Crippen molar-refractivity contribution in [2.45, 2.75) is 25.7 Å². The zero-order chi connectivity index (χ0) is 38.5. The Hall–Kier alpha value is -6.82. The van der Waals surface area contributed by atoms with Crippen LogP contribution in [0.1, 0.15) is 62.3 Å². The molecule has 0 amide bonds. The number of esters is 5. The standard InChI is InChI=1S/C42H39NO11/c1-3-38(44)50-26-6-5-25-49-35-21-13-32(14-22-35)41(47)54-37-23-15-33(16-24-37)42(48)53-36-19-9-30(10-20-36)29-43-34-17-11-31(12-18-34)40(46)52-28-8-7-27-51-39(45)4-2/h3-4,9-24,29H,1-2,5-8,25-28H2. The van der Waals surface area contributed by atoms with E-state index in [1.807, 2.05) is 0 Å². The summed E-state index contributed by atoms with van der Waals surface area (Å²) in [6.07, 6.45) is 6.30. The Morgan fingerprint density at radius 2 is 0.889 bits per heavy atom. The molecule has 0 unspecified atom stereocenters. The van der Waals surface area contributed by atoms with Gasteiger partial charge in [0.25, 0.3) is 0 Å². The van der Waals surface area contributed by atoms with E-state index < -0.39 is 29.8 Å². The number of rotatable bonds is 20. The van der Waals surface area contributed by atoms with Crippen molar-refractivity contribution in [1.29, 1.82) is 0 Å². The lowest BCUT2D eigenvalue weighted by Gasteiger charge is -2.08. The van der Waals surface area contributed by atoms with Crippen molar-refractivity contribution in [3.05, 3.63) is 145 Å². The summed E-state index contributed by atoms with van der Waals surface area (Å²) in [6, 6.07) is 25.9. The van der Waals surface area contributed by atoms with E-state index in [9.17, 15) is 24.0 Å². The normalized spacial score (nSPS) is 10.5. The maximum Gasteiger partial charge on any atom is 0.343 e. The zero-order valence-electron chi connectivity index (χ0n) is 29.5. The Morgan fingerprint density at radius 3 is 1.39 bits per heavy atom. The highest BCUT2D eigenvalue weighted by atomic mass is 16.5. The lowest BCUT2D eigenvalue weighted by Crippen LogP contribution is -2.10. The van der Waals surface area contributed by atoms with Gasteiger partial charge in [0.15, 0.2) is 0 Å². The summed E-state index contributed by atoms with van der Waals surface area (Å²) in [5.74, 6) is -1.39. The highest BCUT2D eigenvalue weighted by Crippen LogP contribution is 2.20. The third-order valence-electron chi connectivity index (χ3n) is 7.35. The fraction of sp³-hybridized carbons (Fsp3) is 0.190. The van der Waals surface area contributed by atoms with Crippen LogP contribution in [-0.4, -0.2) is 62.5 Å². The molecule has 0 radical (unpaired) electrons. The van der Waals surface area contributed by atoms with Crippen LogP contribution in [0, 0.1) is 0 Å². The van der Waals surface area contributed by atoms with Crippen molar-refractivity contribution >= 4 is 41.7 Å². The van der Waals surface area contributed by atoms with Crippen molar-refractivity contribution in [1.82, 2.24) is 0 Å². The molecule has 4 rings (SSSR count). The summed E-state index contributed by atoms with van der Waals surface area (Å²) in [6.45, 7) is 7.82. The van der Waals surface area contributed by atoms with Crippen LogP contribution in [0.25, 0.3) is 0 Å². The van der Waals surface area contributed by atoms with Gasteiger partial charge in [-0.2, -0.15) is 0 Å². The van der Waals surface area contributed by atoms with Crippen molar-refractivity contribution < 1.29 is 52.4 Å². The molecule has 0 spiro atoms. The predicted molar refractivity (Wildman–Crippen MR) is 199 cm³/mol. The molecule has 12 nitrogen and oxygen atoms in total. The van der Waals surface area contributed by atoms with E-state index in [1.165, 1.54) is 24.3 Å². The molecule has 54 heavy (non-hydrogen) atoms. The maximum atomic E-state index is 12.7. The van der Waals surface area contributed by atoms with Crippen LogP contribution in [0.3, 0.4) is 0 Å². The molecule has 0 heterocycles. The first-order valence-electron chi connectivity index (χ1n) is 17.0. The molecule has 0 aromatic heterocycles. The molecule has 0 saturated carbocycles. The molecule has 0 aliphatic rings. The van der Waals surface area contributed by atoms with Crippen molar-refractivity contribution in [2.24, 2.45) is 4.99 Å². The van der Waals surface area contributed by atoms with E-state index in [0.717, 1.165) is 17.7 Å². The summed E-state index contributed by atoms with van der Waals surface area (Å²) < 4.78 is 31.6. The number of hydrogen-bond acceptors (Lipinski definition) is 12. The molecule has 4 aromatic carbocycles. The van der Waals surface area contributed by atoms with Gasteiger partial charge in [-0.15, -0.1) is 0 Å². The van der Waals surface area contributed by atoms with Gasteiger partial charge < -0.3 is 28.4 Å². The van der Waals surface area contributed by atoms with Crippen LogP contribution in [-0.2, 0) is 23.8 Å². The topological polar surface area (TPSA) is 153 Å². The van der Waals surface area contributed by atoms with Crippen LogP contribution in [0.2, 0.25) is 0 Å². The van der Waals surface area contributed by atoms with Gasteiger partial charge in [-0.25, -0.2) is 24.0 Å². The number of unbranched alkanes of at least 4 members (excludes halogenated alkanes) is 2. The summed E-state index contributed by atoms with van der Waals surface area (Å²) in [5, 5.41) is 0. The monoisotopic (exact) mass is 733 g/mol. The second kappa shape index (κ2) is 21.5. The van der Waals surface area contributed by atoms with Gasteiger partial charge in [-0.3, -0.25) is 4.99 Å². The molecule has 0 aliphatic carbocycles. The van der Waals surface area contributed by atoms with Crippen LogP contribution in [0.5, 0.6) is 17.2 Å². The van der Waals surface area contributed by atoms with Crippen LogP contribution in [0.15, 0.2) is 127 Å². The quantitative estimate of drug-likeness (QED) is 0.0223. The van der Waals surface area contributed by atoms with E-state index in [4.69, 9.17) is 28.4 Å². The third-order valence-corrected chi connectivity index (χ3v) is 7.35. The Labute approximate surface area is 312 Å². The Balaban J connectivity index is 1.17. The molecular formula is C42H39NO11. The highest BCUT2D eigenvalue weighted by Gasteiger charge is 2.13. The van der Waals surface area contributed by atoms with Gasteiger partial charge in [0.2, 0.25) is 0 Å². The van der Waals surface area contributed by atoms with Crippen molar-refractivity contribution in [3.63, 3.8) is 0 Å². The molecule has 0 bridgehead atoms. The first-order chi connectivity index (χ1) is 26.2. The Kier molecular flexibility index (Phi) is 15.9. The van der Waals surface area contributed by atoms with Gasteiger partial charge >= 0.3 is 29.8 Å². The van der Waals surface area contributed by atoms with Crippen LogP contribution in [0.4, 0.5) is 5.69 Å². The summed E-state index contributed by atoms with van der Waals surface area (Å²) >= 11 is 0. The number of benzene rings is 4. The summed E-state index contributed by atoms with van der Waals surface area (Å²) in [5.41, 5.74) is 2.35. The first-order valence-corrected chi connectivity index (χ1v) is 17.0. The second-order valence-corrected chi connectivity index (χ2v) is 11.3. The molecule has 0 atom stereocenters. The molecule has 0 N–H and O–H groups in total. The number of aliphatic imine (C=N–C) groups is 1. The van der Waals surface area contributed by atoms with Gasteiger partial charge in [-0.05, 0) is 128 Å². The largest absolute Gasteiger partial charge is 0.494 e. The fourth-order valence-electron chi connectivity index (χ4n) is 4.44. The number of ether oxygens (including phenoxy) is 6. The molecule has 0 fully saturated rings. The van der Waals surface area contributed by atoms with E-state index in [2.05, 4.69) is 18.2 Å². The number of nitrogens with zero attached hydrogens (tertiary/aromatic N) is 1. The zero-order valence-corrected chi connectivity index (χ0v) is 29.5. The highest BCUT2D eigenvalue weighted by molar-refractivity contribution is 5.93. The van der Waals surface area contributed by atoms with Gasteiger partial charge in [0.05, 0.1) is 48.8 Å². The second-order valence-electron chi connectivity index (χ2n) is 11.3. The van der Waals surface area contributed by atoms with Gasteiger partial charge in [-0.1, -0.05) is 13.2 Å². The molecule has 0 aliphatic heterocycles. The lowest BCUT2D eigenvalue weighted by molar-refractivity contribution is -0.138. The van der Waals surface area contributed by atoms with E-state index in [1.54, 1.807) is 79.0 Å². The summed E-state index contributed by atoms with van der Waals surface area (Å²) in [4.78, 5) is 64.1. The minimum atomic E-state index is -0.588. The van der Waals surface area contributed by atoms with Crippen LogP contribution >= 0.6 is 0 Å². The molecule has 0 saturated heterocycles. The Morgan fingerprint density at radius 1 is 0.481 bits per heavy atom. The SMILES string of the molecule is C=CC(=O)OCCCCOC(=O)c1ccc(N=Cc2ccc(OC(=O)c3ccc(OC(=O)c4ccc(OCCCCOC(=O)C=C)cc4)cc3)cc2)cc1. The number of carbonyl (C=O) groups is 5. The fourth-order valence-corrected chi connectivity index (χ4v) is 4.44. The predicted octanol–water partition coefficient (Wildman–Crippen LogP) is 7.43. The Bertz CT molecular complexity index is 1920. The minimum Gasteiger partial charge on any atom is -0.494 e. The number of hydrogen-bond donors (Lipinski definition) is 0. The maximum absolute atomic E-state index is 12.7. The third kappa shape index (κ3) is 13.7. The van der Waals surface area contributed by atoms with E-state index >= 15 is 0 Å². The van der Waals surface area contributed by atoms with Crippen LogP contribution < -0.4 is 14.2 Å². The van der Waals surface area contributed by atoms with Gasteiger partial charge in [0.1, 0.15) is 17.2 Å². The average molecular weight is 734 g/mol.